The van der Waals surface area contributed by atoms with E-state index in [4.69, 9.17) is 4.74 Å². The molecule has 0 atom stereocenters. The minimum atomic E-state index is 0.249. The van der Waals surface area contributed by atoms with E-state index in [1.54, 1.807) is 0 Å². The van der Waals surface area contributed by atoms with Crippen LogP contribution in [0.15, 0.2) is 28.7 Å². The second kappa shape index (κ2) is 7.81. The number of carbonyl (C=O) groups is 1. The van der Waals surface area contributed by atoms with E-state index < -0.39 is 0 Å². The Morgan fingerprint density at radius 1 is 1.21 bits per heavy atom. The number of ketones is 1. The van der Waals surface area contributed by atoms with E-state index in [9.17, 15) is 4.79 Å². The van der Waals surface area contributed by atoms with Crippen LogP contribution in [0.5, 0.6) is 0 Å². The van der Waals surface area contributed by atoms with E-state index in [1.165, 1.54) is 19.3 Å². The van der Waals surface area contributed by atoms with E-state index in [0.717, 1.165) is 42.0 Å². The van der Waals surface area contributed by atoms with Gasteiger partial charge in [-0.1, -0.05) is 47.0 Å². The lowest BCUT2D eigenvalue weighted by Gasteiger charge is -2.21. The lowest BCUT2D eigenvalue weighted by Crippen LogP contribution is -2.15. The van der Waals surface area contributed by atoms with Crippen molar-refractivity contribution in [3.63, 3.8) is 0 Å². The number of hydrogen-bond acceptors (Lipinski definition) is 2. The standard InChI is InChI=1S/C16H21BrO2/c17-15-7-3-2-6-14(15)16(18)8-4-1-5-13-9-11-19-12-10-13/h2-3,6-7,13H,1,4-5,8-12H2. The topological polar surface area (TPSA) is 26.3 Å². The maximum atomic E-state index is 12.1. The summed E-state index contributed by atoms with van der Waals surface area (Å²) >= 11 is 3.43. The molecular formula is C16H21BrO2. The van der Waals surface area contributed by atoms with E-state index in [0.29, 0.717) is 6.42 Å². The van der Waals surface area contributed by atoms with Gasteiger partial charge in [0.1, 0.15) is 0 Å². The van der Waals surface area contributed by atoms with Gasteiger partial charge in [-0.15, -0.1) is 0 Å². The molecule has 1 aromatic rings. The Bertz CT molecular complexity index is 411. The molecule has 0 bridgehead atoms. The molecule has 1 saturated heterocycles. The highest BCUT2D eigenvalue weighted by Crippen LogP contribution is 2.22. The number of halogens is 1. The second-order valence-electron chi connectivity index (χ2n) is 5.20. The third kappa shape index (κ3) is 4.73. The minimum Gasteiger partial charge on any atom is -0.381 e. The van der Waals surface area contributed by atoms with Crippen molar-refractivity contribution in [1.29, 1.82) is 0 Å². The van der Waals surface area contributed by atoms with Crippen LogP contribution in [-0.4, -0.2) is 19.0 Å². The van der Waals surface area contributed by atoms with Crippen LogP contribution in [0.2, 0.25) is 0 Å². The summed E-state index contributed by atoms with van der Waals surface area (Å²) in [6.07, 6.45) is 6.44. The molecule has 104 valence electrons. The lowest BCUT2D eigenvalue weighted by atomic mass is 9.93. The van der Waals surface area contributed by atoms with E-state index in [-0.39, 0.29) is 5.78 Å². The maximum Gasteiger partial charge on any atom is 0.164 e. The third-order valence-corrected chi connectivity index (χ3v) is 4.47. The molecule has 1 aromatic carbocycles. The summed E-state index contributed by atoms with van der Waals surface area (Å²) in [6.45, 7) is 1.83. The van der Waals surface area contributed by atoms with E-state index in [1.807, 2.05) is 24.3 Å². The van der Waals surface area contributed by atoms with Crippen LogP contribution in [0.3, 0.4) is 0 Å². The lowest BCUT2D eigenvalue weighted by molar-refractivity contribution is 0.0630. The van der Waals surface area contributed by atoms with Crippen LogP contribution in [-0.2, 0) is 4.74 Å². The Labute approximate surface area is 123 Å². The highest BCUT2D eigenvalue weighted by atomic mass is 79.9. The molecule has 1 aliphatic rings. The van der Waals surface area contributed by atoms with Gasteiger partial charge in [0.25, 0.3) is 0 Å². The average molecular weight is 325 g/mol. The van der Waals surface area contributed by atoms with Gasteiger partial charge in [0, 0.05) is 29.7 Å². The van der Waals surface area contributed by atoms with Gasteiger partial charge < -0.3 is 4.74 Å². The van der Waals surface area contributed by atoms with Crippen molar-refractivity contribution in [2.75, 3.05) is 13.2 Å². The zero-order valence-corrected chi connectivity index (χ0v) is 12.8. The number of hydrogen-bond donors (Lipinski definition) is 0. The summed E-state index contributed by atoms with van der Waals surface area (Å²) in [6, 6.07) is 7.67. The molecule has 0 aromatic heterocycles. The van der Waals surface area contributed by atoms with E-state index >= 15 is 0 Å². The first kappa shape index (κ1) is 14.7. The highest BCUT2D eigenvalue weighted by molar-refractivity contribution is 9.10. The van der Waals surface area contributed by atoms with Gasteiger partial charge in [0.15, 0.2) is 5.78 Å². The van der Waals surface area contributed by atoms with Crippen LogP contribution in [0, 0.1) is 5.92 Å². The van der Waals surface area contributed by atoms with Gasteiger partial charge in [-0.3, -0.25) is 4.79 Å². The molecule has 19 heavy (non-hydrogen) atoms. The van der Waals surface area contributed by atoms with Crippen LogP contribution in [0.25, 0.3) is 0 Å². The summed E-state index contributed by atoms with van der Waals surface area (Å²) in [5.41, 5.74) is 0.813. The fourth-order valence-electron chi connectivity index (χ4n) is 2.58. The number of carbonyl (C=O) groups excluding carboxylic acids is 1. The monoisotopic (exact) mass is 324 g/mol. The Hall–Kier alpha value is -0.670. The number of Topliss-reactive ketones (excluding diaryl/α,β-unsaturated/α-hetero) is 1. The van der Waals surface area contributed by atoms with Crippen molar-refractivity contribution >= 4 is 21.7 Å². The number of unbranched alkanes of at least 4 members (excludes halogenated alkanes) is 1. The molecule has 3 heteroatoms. The fraction of sp³-hybridized carbons (Fsp3) is 0.562. The summed E-state index contributed by atoms with van der Waals surface area (Å²) in [7, 11) is 0. The zero-order chi connectivity index (χ0) is 13.5. The van der Waals surface area contributed by atoms with Crippen LogP contribution < -0.4 is 0 Å². The van der Waals surface area contributed by atoms with Gasteiger partial charge in [-0.2, -0.15) is 0 Å². The SMILES string of the molecule is O=C(CCCCC1CCOCC1)c1ccccc1Br. The van der Waals surface area contributed by atoms with Crippen molar-refractivity contribution in [1.82, 2.24) is 0 Å². The average Bonchev–Trinajstić information content (AvgIpc) is 2.45. The zero-order valence-electron chi connectivity index (χ0n) is 11.2. The van der Waals surface area contributed by atoms with Gasteiger partial charge >= 0.3 is 0 Å². The Morgan fingerprint density at radius 3 is 2.68 bits per heavy atom. The summed E-state index contributed by atoms with van der Waals surface area (Å²) in [5.74, 6) is 1.06. The minimum absolute atomic E-state index is 0.249. The van der Waals surface area contributed by atoms with Crippen molar-refractivity contribution in [2.45, 2.75) is 38.5 Å². The molecule has 1 aliphatic heterocycles. The maximum absolute atomic E-state index is 12.1. The van der Waals surface area contributed by atoms with Crippen LogP contribution >= 0.6 is 15.9 Å². The van der Waals surface area contributed by atoms with Gasteiger partial charge in [0.2, 0.25) is 0 Å². The van der Waals surface area contributed by atoms with Crippen molar-refractivity contribution in [3.8, 4) is 0 Å². The Kier molecular flexibility index (Phi) is 6.05. The third-order valence-electron chi connectivity index (χ3n) is 3.78. The molecule has 0 aliphatic carbocycles. The Morgan fingerprint density at radius 2 is 1.95 bits per heavy atom. The van der Waals surface area contributed by atoms with Crippen LogP contribution in [0.4, 0.5) is 0 Å². The first-order chi connectivity index (χ1) is 9.27. The number of rotatable bonds is 6. The van der Waals surface area contributed by atoms with Gasteiger partial charge in [0.05, 0.1) is 0 Å². The van der Waals surface area contributed by atoms with Crippen molar-refractivity contribution in [3.05, 3.63) is 34.3 Å². The largest absolute Gasteiger partial charge is 0.381 e. The number of ether oxygens (including phenoxy) is 1. The number of benzene rings is 1. The summed E-state index contributed by atoms with van der Waals surface area (Å²) in [4.78, 5) is 12.1. The molecular weight excluding hydrogens is 304 g/mol. The highest BCUT2D eigenvalue weighted by Gasteiger charge is 2.14. The molecule has 0 spiro atoms. The fourth-order valence-corrected chi connectivity index (χ4v) is 3.08. The molecule has 0 saturated carbocycles. The Balaban J connectivity index is 1.68. The first-order valence-corrected chi connectivity index (χ1v) is 7.92. The van der Waals surface area contributed by atoms with E-state index in [2.05, 4.69) is 15.9 Å². The summed E-state index contributed by atoms with van der Waals surface area (Å²) < 4.78 is 6.26. The van der Waals surface area contributed by atoms with Crippen LogP contribution in [0.1, 0.15) is 48.9 Å². The van der Waals surface area contributed by atoms with Gasteiger partial charge in [-0.25, -0.2) is 0 Å². The quantitative estimate of drug-likeness (QED) is 0.563. The van der Waals surface area contributed by atoms with Crippen molar-refractivity contribution < 1.29 is 9.53 Å². The van der Waals surface area contributed by atoms with Gasteiger partial charge in [-0.05, 0) is 31.2 Å². The smallest absolute Gasteiger partial charge is 0.164 e. The molecule has 2 rings (SSSR count). The molecule has 0 N–H and O–H groups in total. The molecule has 0 radical (unpaired) electrons. The first-order valence-electron chi connectivity index (χ1n) is 7.13. The molecule has 1 fully saturated rings. The predicted molar refractivity (Wildman–Crippen MR) is 80.5 cm³/mol. The molecule has 0 amide bonds. The molecule has 1 heterocycles. The summed E-state index contributed by atoms with van der Waals surface area (Å²) in [5, 5.41) is 0. The predicted octanol–water partition coefficient (Wildman–Crippen LogP) is 4.62. The normalized spacial score (nSPS) is 16.5. The molecule has 0 unspecified atom stereocenters. The second-order valence-corrected chi connectivity index (χ2v) is 6.06. The van der Waals surface area contributed by atoms with Crippen molar-refractivity contribution in [2.24, 2.45) is 5.92 Å². The molecule has 2 nitrogen and oxygen atoms in total.